The van der Waals surface area contributed by atoms with Gasteiger partial charge in [-0.05, 0) is 6.92 Å². The highest BCUT2D eigenvalue weighted by atomic mass is 16.5. The Kier molecular flexibility index (Phi) is 4.51. The topological polar surface area (TPSA) is 55.4 Å². The highest BCUT2D eigenvalue weighted by Gasteiger charge is 2.22. The van der Waals surface area contributed by atoms with E-state index in [9.17, 15) is 9.59 Å². The van der Waals surface area contributed by atoms with Crippen LogP contribution in [-0.4, -0.2) is 18.4 Å². The van der Waals surface area contributed by atoms with Gasteiger partial charge in [0, 0.05) is 19.0 Å². The Morgan fingerprint density at radius 3 is 2.44 bits per heavy atom. The number of carbonyl (C=O) groups excluding carboxylic acids is 2. The predicted octanol–water partition coefficient (Wildman–Crippen LogP) is 1.43. The lowest BCUT2D eigenvalue weighted by Crippen LogP contribution is -2.31. The largest absolute Gasteiger partial charge is 0.447 e. The van der Waals surface area contributed by atoms with Crippen LogP contribution in [0.5, 0.6) is 0 Å². The molecule has 0 fully saturated rings. The molecule has 1 aromatic rings. The summed E-state index contributed by atoms with van der Waals surface area (Å²) in [4.78, 5) is 22.6. The van der Waals surface area contributed by atoms with E-state index in [0.29, 0.717) is 12.1 Å². The molecule has 0 spiro atoms. The number of hydrogen-bond donors (Lipinski definition) is 1. The molecule has 0 aliphatic rings. The average Bonchev–Trinajstić information content (AvgIpc) is 2.27. The molecule has 4 heteroatoms. The summed E-state index contributed by atoms with van der Waals surface area (Å²) < 4.78 is 5.00. The van der Waals surface area contributed by atoms with Crippen molar-refractivity contribution in [1.82, 2.24) is 5.32 Å². The molecule has 0 saturated heterocycles. The number of hydrogen-bond acceptors (Lipinski definition) is 3. The third-order valence-corrected chi connectivity index (χ3v) is 1.98. The van der Waals surface area contributed by atoms with Crippen molar-refractivity contribution in [2.45, 2.75) is 20.0 Å². The van der Waals surface area contributed by atoms with Gasteiger partial charge in [-0.1, -0.05) is 30.3 Å². The number of benzene rings is 1. The number of likely N-dealkylation sites (N-methyl/N-ethyl adjacent to an activating group) is 1. The van der Waals surface area contributed by atoms with E-state index >= 15 is 0 Å². The van der Waals surface area contributed by atoms with Gasteiger partial charge in [-0.25, -0.2) is 0 Å². The predicted molar refractivity (Wildman–Crippen MR) is 59.6 cm³/mol. The average molecular weight is 221 g/mol. The van der Waals surface area contributed by atoms with Gasteiger partial charge in [0.2, 0.25) is 6.10 Å². The summed E-state index contributed by atoms with van der Waals surface area (Å²) in [6, 6.07) is 8.94. The van der Waals surface area contributed by atoms with Gasteiger partial charge in [-0.2, -0.15) is 0 Å². The fourth-order valence-corrected chi connectivity index (χ4v) is 1.33. The molecule has 86 valence electrons. The summed E-state index contributed by atoms with van der Waals surface area (Å²) in [7, 11) is 0. The first-order valence-electron chi connectivity index (χ1n) is 5.15. The van der Waals surface area contributed by atoms with Crippen molar-refractivity contribution in [2.24, 2.45) is 0 Å². The van der Waals surface area contributed by atoms with E-state index < -0.39 is 12.1 Å². The van der Waals surface area contributed by atoms with E-state index in [0.717, 1.165) is 0 Å². The van der Waals surface area contributed by atoms with Crippen molar-refractivity contribution in [3.05, 3.63) is 35.9 Å². The number of nitrogens with one attached hydrogen (secondary N) is 1. The molecule has 4 nitrogen and oxygen atoms in total. The molecule has 0 aliphatic heterocycles. The van der Waals surface area contributed by atoms with Crippen molar-refractivity contribution in [3.8, 4) is 0 Å². The lowest BCUT2D eigenvalue weighted by Gasteiger charge is -2.16. The normalized spacial score (nSPS) is 11.6. The van der Waals surface area contributed by atoms with Crippen LogP contribution in [-0.2, 0) is 14.3 Å². The van der Waals surface area contributed by atoms with Gasteiger partial charge in [0.25, 0.3) is 5.91 Å². The number of carbonyl (C=O) groups is 2. The zero-order chi connectivity index (χ0) is 12.0. The molecule has 1 aromatic carbocycles. The second kappa shape index (κ2) is 5.90. The fraction of sp³-hybridized carbons (Fsp3) is 0.333. The van der Waals surface area contributed by atoms with Crippen LogP contribution < -0.4 is 5.32 Å². The van der Waals surface area contributed by atoms with Crippen molar-refractivity contribution < 1.29 is 14.3 Å². The quantitative estimate of drug-likeness (QED) is 0.782. The van der Waals surface area contributed by atoms with E-state index in [1.807, 2.05) is 13.0 Å². The molecule has 0 radical (unpaired) electrons. The van der Waals surface area contributed by atoms with Crippen molar-refractivity contribution >= 4 is 11.9 Å². The molecule has 1 amide bonds. The smallest absolute Gasteiger partial charge is 0.303 e. The highest BCUT2D eigenvalue weighted by molar-refractivity contribution is 5.84. The van der Waals surface area contributed by atoms with Gasteiger partial charge >= 0.3 is 5.97 Å². The Labute approximate surface area is 94.6 Å². The Morgan fingerprint density at radius 1 is 1.31 bits per heavy atom. The van der Waals surface area contributed by atoms with Crippen LogP contribution in [0.4, 0.5) is 0 Å². The molecule has 16 heavy (non-hydrogen) atoms. The summed E-state index contributed by atoms with van der Waals surface area (Å²) >= 11 is 0. The number of ether oxygens (including phenoxy) is 1. The van der Waals surface area contributed by atoms with Gasteiger partial charge in [-0.3, -0.25) is 9.59 Å². The van der Waals surface area contributed by atoms with Crippen molar-refractivity contribution in [2.75, 3.05) is 6.54 Å². The van der Waals surface area contributed by atoms with Gasteiger partial charge in [0.15, 0.2) is 0 Å². The molecular weight excluding hydrogens is 206 g/mol. The third kappa shape index (κ3) is 3.38. The lowest BCUT2D eigenvalue weighted by molar-refractivity contribution is -0.154. The molecule has 0 aromatic heterocycles. The van der Waals surface area contributed by atoms with E-state index in [1.54, 1.807) is 24.3 Å². The number of rotatable bonds is 4. The van der Waals surface area contributed by atoms with Crippen molar-refractivity contribution in [3.63, 3.8) is 0 Å². The Morgan fingerprint density at radius 2 is 1.94 bits per heavy atom. The molecule has 1 N–H and O–H groups in total. The molecule has 1 atom stereocenters. The molecule has 1 unspecified atom stereocenters. The minimum absolute atomic E-state index is 0.302. The Balaban J connectivity index is 2.87. The summed E-state index contributed by atoms with van der Waals surface area (Å²) in [6.45, 7) is 3.60. The first kappa shape index (κ1) is 12.2. The van der Waals surface area contributed by atoms with Crippen LogP contribution in [0.3, 0.4) is 0 Å². The summed E-state index contributed by atoms with van der Waals surface area (Å²) in [5, 5.41) is 2.63. The summed E-state index contributed by atoms with van der Waals surface area (Å²) in [6.07, 6.45) is -0.862. The standard InChI is InChI=1S/C12H15NO3/c1-3-13-12(15)11(16-9(2)14)10-7-5-4-6-8-10/h4-8,11H,3H2,1-2H3,(H,13,15). The highest BCUT2D eigenvalue weighted by Crippen LogP contribution is 2.17. The van der Waals surface area contributed by atoms with Gasteiger partial charge in [0.1, 0.15) is 0 Å². The van der Waals surface area contributed by atoms with E-state index in [-0.39, 0.29) is 5.91 Å². The summed E-state index contributed by atoms with van der Waals surface area (Å²) in [5.41, 5.74) is 0.670. The van der Waals surface area contributed by atoms with Crippen molar-refractivity contribution in [1.29, 1.82) is 0 Å². The maximum Gasteiger partial charge on any atom is 0.303 e. The second-order valence-corrected chi connectivity index (χ2v) is 3.29. The van der Waals surface area contributed by atoms with Gasteiger partial charge in [0.05, 0.1) is 0 Å². The molecule has 1 rings (SSSR count). The maximum absolute atomic E-state index is 11.7. The molecule has 0 saturated carbocycles. The summed E-state index contributed by atoms with van der Waals surface area (Å²) in [5.74, 6) is -0.774. The monoisotopic (exact) mass is 221 g/mol. The molecule has 0 aliphatic carbocycles. The third-order valence-electron chi connectivity index (χ3n) is 1.98. The van der Waals surface area contributed by atoms with E-state index in [4.69, 9.17) is 4.74 Å². The first-order valence-corrected chi connectivity index (χ1v) is 5.15. The van der Waals surface area contributed by atoms with E-state index in [2.05, 4.69) is 5.32 Å². The van der Waals surface area contributed by atoms with Gasteiger partial charge < -0.3 is 10.1 Å². The first-order chi connectivity index (χ1) is 7.65. The Bertz CT molecular complexity index is 362. The minimum Gasteiger partial charge on any atom is -0.447 e. The van der Waals surface area contributed by atoms with Crippen LogP contribution in [0.2, 0.25) is 0 Å². The second-order valence-electron chi connectivity index (χ2n) is 3.29. The van der Waals surface area contributed by atoms with Crippen LogP contribution in [0.1, 0.15) is 25.5 Å². The van der Waals surface area contributed by atoms with Crippen LogP contribution in [0, 0.1) is 0 Å². The lowest BCUT2D eigenvalue weighted by atomic mass is 10.1. The van der Waals surface area contributed by atoms with Crippen LogP contribution in [0.25, 0.3) is 0 Å². The minimum atomic E-state index is -0.862. The Hall–Kier alpha value is -1.84. The number of amides is 1. The SMILES string of the molecule is CCNC(=O)C(OC(C)=O)c1ccccc1. The van der Waals surface area contributed by atoms with E-state index in [1.165, 1.54) is 6.92 Å². The van der Waals surface area contributed by atoms with Crippen LogP contribution in [0.15, 0.2) is 30.3 Å². The van der Waals surface area contributed by atoms with Gasteiger partial charge in [-0.15, -0.1) is 0 Å². The maximum atomic E-state index is 11.7. The fourth-order valence-electron chi connectivity index (χ4n) is 1.33. The van der Waals surface area contributed by atoms with Crippen LogP contribution >= 0.6 is 0 Å². The zero-order valence-corrected chi connectivity index (χ0v) is 9.40. The molecular formula is C12H15NO3. The molecule has 0 bridgehead atoms. The number of esters is 1. The zero-order valence-electron chi connectivity index (χ0n) is 9.40. The molecule has 0 heterocycles.